The largest absolute Gasteiger partial charge is 0.460 e. The fourth-order valence-electron chi connectivity index (χ4n) is 1.87. The number of guanidine groups is 1. The van der Waals surface area contributed by atoms with Crippen LogP contribution in [0.1, 0.15) is 73.1 Å². The number of hydrogen-bond acceptors (Lipinski definition) is 3. The second-order valence-corrected chi connectivity index (χ2v) is 7.13. The van der Waals surface area contributed by atoms with Crippen molar-refractivity contribution in [3.05, 3.63) is 0 Å². The molecule has 0 fully saturated rings. The first-order valence-electron chi connectivity index (χ1n) is 8.46. The van der Waals surface area contributed by atoms with Crippen LogP contribution >= 0.6 is 24.0 Å². The van der Waals surface area contributed by atoms with Gasteiger partial charge < -0.3 is 15.8 Å². The number of nitrogens with zero attached hydrogens (tertiary/aromatic N) is 1. The number of carbonyl (C=O) groups is 1. The maximum atomic E-state index is 11.5. The predicted octanol–water partition coefficient (Wildman–Crippen LogP) is 3.85. The van der Waals surface area contributed by atoms with Crippen molar-refractivity contribution in [3.8, 4) is 0 Å². The lowest BCUT2D eigenvalue weighted by atomic mass is 10.1. The molecule has 5 nitrogen and oxygen atoms in total. The van der Waals surface area contributed by atoms with Crippen LogP contribution in [0.4, 0.5) is 0 Å². The van der Waals surface area contributed by atoms with Crippen molar-refractivity contribution in [2.24, 2.45) is 16.6 Å². The Balaban J connectivity index is 0. The molecular formula is C17H36IN3O2. The Morgan fingerprint density at radius 3 is 2.35 bits per heavy atom. The number of hydrogen-bond donors (Lipinski definition) is 2. The topological polar surface area (TPSA) is 76.7 Å². The van der Waals surface area contributed by atoms with Crippen LogP contribution in [0, 0.1) is 5.92 Å². The zero-order chi connectivity index (χ0) is 17.0. The van der Waals surface area contributed by atoms with Gasteiger partial charge >= 0.3 is 5.97 Å². The van der Waals surface area contributed by atoms with Crippen molar-refractivity contribution in [2.45, 2.75) is 78.7 Å². The molecule has 0 aliphatic heterocycles. The molecule has 0 aliphatic carbocycles. The van der Waals surface area contributed by atoms with Gasteiger partial charge in [-0.05, 0) is 46.0 Å². The molecule has 0 aromatic carbocycles. The first-order chi connectivity index (χ1) is 10.2. The number of nitrogens with two attached hydrogens (primary N) is 1. The number of nitrogens with one attached hydrogen (secondary N) is 1. The molecule has 0 unspecified atom stereocenters. The SMILES string of the molecule is CC(C)CCNC(N)=NCCCCCCC(=O)OC(C)(C)C.I. The number of unbranched alkanes of at least 4 members (excludes halogenated alkanes) is 3. The molecule has 0 spiro atoms. The van der Waals surface area contributed by atoms with Crippen LogP contribution in [0.15, 0.2) is 4.99 Å². The van der Waals surface area contributed by atoms with E-state index in [1.807, 2.05) is 20.8 Å². The van der Waals surface area contributed by atoms with Crippen LogP contribution in [0.3, 0.4) is 0 Å². The van der Waals surface area contributed by atoms with Gasteiger partial charge in [0.25, 0.3) is 0 Å². The van der Waals surface area contributed by atoms with Gasteiger partial charge in [0, 0.05) is 19.5 Å². The summed E-state index contributed by atoms with van der Waals surface area (Å²) in [6.45, 7) is 11.7. The van der Waals surface area contributed by atoms with Crippen molar-refractivity contribution >= 4 is 35.9 Å². The summed E-state index contributed by atoms with van der Waals surface area (Å²) in [7, 11) is 0. The summed E-state index contributed by atoms with van der Waals surface area (Å²) in [5, 5.41) is 3.12. The molecule has 0 amide bonds. The van der Waals surface area contributed by atoms with Gasteiger partial charge in [-0.2, -0.15) is 0 Å². The normalized spacial score (nSPS) is 12.0. The maximum absolute atomic E-state index is 11.5. The molecule has 0 saturated heterocycles. The molecule has 23 heavy (non-hydrogen) atoms. The lowest BCUT2D eigenvalue weighted by Gasteiger charge is -2.19. The van der Waals surface area contributed by atoms with E-state index < -0.39 is 0 Å². The van der Waals surface area contributed by atoms with Gasteiger partial charge in [0.15, 0.2) is 5.96 Å². The third kappa shape index (κ3) is 19.4. The molecule has 0 rings (SSSR count). The first kappa shape index (κ1) is 24.7. The maximum Gasteiger partial charge on any atom is 0.306 e. The van der Waals surface area contributed by atoms with Gasteiger partial charge in [0.05, 0.1) is 0 Å². The van der Waals surface area contributed by atoms with Gasteiger partial charge in [0.2, 0.25) is 0 Å². The quantitative estimate of drug-likeness (QED) is 0.178. The molecule has 0 heterocycles. The zero-order valence-electron chi connectivity index (χ0n) is 15.5. The van der Waals surface area contributed by atoms with Crippen LogP contribution in [-0.4, -0.2) is 30.6 Å². The number of ether oxygens (including phenoxy) is 1. The lowest BCUT2D eigenvalue weighted by molar-refractivity contribution is -0.154. The van der Waals surface area contributed by atoms with E-state index in [0.29, 0.717) is 18.3 Å². The number of carbonyl (C=O) groups excluding carboxylic acids is 1. The highest BCUT2D eigenvalue weighted by Crippen LogP contribution is 2.11. The summed E-state index contributed by atoms with van der Waals surface area (Å²) in [4.78, 5) is 15.8. The van der Waals surface area contributed by atoms with E-state index in [-0.39, 0.29) is 35.5 Å². The highest BCUT2D eigenvalue weighted by atomic mass is 127. The van der Waals surface area contributed by atoms with E-state index in [4.69, 9.17) is 10.5 Å². The minimum atomic E-state index is -0.383. The molecule has 0 aliphatic rings. The average Bonchev–Trinajstić information content (AvgIpc) is 2.35. The summed E-state index contributed by atoms with van der Waals surface area (Å²) >= 11 is 0. The van der Waals surface area contributed by atoms with Gasteiger partial charge in [-0.15, -0.1) is 24.0 Å². The minimum Gasteiger partial charge on any atom is -0.460 e. The molecule has 6 heteroatoms. The molecule has 0 aromatic rings. The Morgan fingerprint density at radius 1 is 1.17 bits per heavy atom. The van der Waals surface area contributed by atoms with Crippen LogP contribution < -0.4 is 11.1 Å². The van der Waals surface area contributed by atoms with Gasteiger partial charge in [-0.3, -0.25) is 9.79 Å². The number of aliphatic imine (C=N–C) groups is 1. The van der Waals surface area contributed by atoms with Crippen molar-refractivity contribution in [1.82, 2.24) is 5.32 Å². The Hall–Kier alpha value is -0.530. The van der Waals surface area contributed by atoms with Crippen molar-refractivity contribution in [2.75, 3.05) is 13.1 Å². The van der Waals surface area contributed by atoms with Crippen molar-refractivity contribution in [3.63, 3.8) is 0 Å². The van der Waals surface area contributed by atoms with Crippen LogP contribution in [-0.2, 0) is 9.53 Å². The number of halogens is 1. The summed E-state index contributed by atoms with van der Waals surface area (Å²) in [5.74, 6) is 1.10. The van der Waals surface area contributed by atoms with E-state index >= 15 is 0 Å². The predicted molar refractivity (Wildman–Crippen MR) is 108 cm³/mol. The summed E-state index contributed by atoms with van der Waals surface area (Å²) in [6, 6.07) is 0. The van der Waals surface area contributed by atoms with Crippen LogP contribution in [0.5, 0.6) is 0 Å². The molecule has 0 aromatic heterocycles. The molecule has 0 saturated carbocycles. The van der Waals surface area contributed by atoms with E-state index in [2.05, 4.69) is 24.2 Å². The molecular weight excluding hydrogens is 405 g/mol. The van der Waals surface area contributed by atoms with Crippen molar-refractivity contribution < 1.29 is 9.53 Å². The first-order valence-corrected chi connectivity index (χ1v) is 8.46. The number of esters is 1. The number of rotatable bonds is 10. The highest BCUT2D eigenvalue weighted by Gasteiger charge is 2.15. The van der Waals surface area contributed by atoms with E-state index in [1.165, 1.54) is 0 Å². The standard InChI is InChI=1S/C17H35N3O2.HI/c1-14(2)11-13-20-16(18)19-12-9-7-6-8-10-15(21)22-17(3,4)5;/h14H,6-13H2,1-5H3,(H3,18,19,20);1H. The fourth-order valence-corrected chi connectivity index (χ4v) is 1.87. The van der Waals surface area contributed by atoms with Crippen molar-refractivity contribution in [1.29, 1.82) is 0 Å². The molecule has 3 N–H and O–H groups in total. The summed E-state index contributed by atoms with van der Waals surface area (Å²) in [6.07, 6.45) is 5.56. The smallest absolute Gasteiger partial charge is 0.306 e. The van der Waals surface area contributed by atoms with Crippen LogP contribution in [0.25, 0.3) is 0 Å². The Kier molecular flexibility index (Phi) is 14.9. The molecule has 0 radical (unpaired) electrons. The second kappa shape index (κ2) is 13.9. The van der Waals surface area contributed by atoms with Gasteiger partial charge in [-0.1, -0.05) is 26.7 Å². The summed E-state index contributed by atoms with van der Waals surface area (Å²) < 4.78 is 5.27. The van der Waals surface area contributed by atoms with E-state index in [1.54, 1.807) is 0 Å². The lowest BCUT2D eigenvalue weighted by Crippen LogP contribution is -2.33. The minimum absolute atomic E-state index is 0. The third-order valence-corrected chi connectivity index (χ3v) is 3.02. The zero-order valence-corrected chi connectivity index (χ0v) is 17.8. The third-order valence-electron chi connectivity index (χ3n) is 3.02. The van der Waals surface area contributed by atoms with Crippen LogP contribution in [0.2, 0.25) is 0 Å². The Labute approximate surface area is 159 Å². The van der Waals surface area contributed by atoms with E-state index in [9.17, 15) is 4.79 Å². The highest BCUT2D eigenvalue weighted by molar-refractivity contribution is 14.0. The molecule has 0 bridgehead atoms. The molecule has 138 valence electrons. The van der Waals surface area contributed by atoms with E-state index in [0.717, 1.165) is 45.2 Å². The van der Waals surface area contributed by atoms with Gasteiger partial charge in [0.1, 0.15) is 5.60 Å². The second-order valence-electron chi connectivity index (χ2n) is 7.13. The Bertz CT molecular complexity index is 339. The van der Waals surface area contributed by atoms with Gasteiger partial charge in [-0.25, -0.2) is 0 Å². The monoisotopic (exact) mass is 441 g/mol. The fraction of sp³-hybridized carbons (Fsp3) is 0.882. The average molecular weight is 441 g/mol. The summed E-state index contributed by atoms with van der Waals surface area (Å²) in [5.41, 5.74) is 5.39. The Morgan fingerprint density at radius 2 is 1.78 bits per heavy atom. The molecule has 0 atom stereocenters.